The van der Waals surface area contributed by atoms with E-state index >= 15 is 0 Å². The normalized spacial score (nSPS) is 16.9. The van der Waals surface area contributed by atoms with Gasteiger partial charge in [-0.2, -0.15) is 0 Å². The number of ether oxygens (including phenoxy) is 2. The van der Waals surface area contributed by atoms with Crippen LogP contribution in [0.2, 0.25) is 0 Å². The van der Waals surface area contributed by atoms with Gasteiger partial charge in [-0.15, -0.1) is 0 Å². The first-order valence-corrected chi connectivity index (χ1v) is 6.56. The number of rotatable bonds is 4. The first kappa shape index (κ1) is 12.4. The van der Waals surface area contributed by atoms with Gasteiger partial charge in [0.05, 0.1) is 7.11 Å². The van der Waals surface area contributed by atoms with Crippen molar-refractivity contribution < 1.29 is 17.9 Å². The molecule has 0 spiro atoms. The Hall–Kier alpha value is -2.02. The largest absolute Gasteiger partial charge is 0.497 e. The summed E-state index contributed by atoms with van der Waals surface area (Å²) in [4.78, 5) is 3.60. The zero-order valence-corrected chi connectivity index (χ0v) is 10.5. The predicted molar refractivity (Wildman–Crippen MR) is 67.1 cm³/mol. The van der Waals surface area contributed by atoms with E-state index in [0.717, 1.165) is 0 Å². The van der Waals surface area contributed by atoms with Crippen LogP contribution >= 0.6 is 0 Å². The van der Waals surface area contributed by atoms with Crippen molar-refractivity contribution in [2.24, 2.45) is 10.7 Å². The van der Waals surface area contributed by atoms with E-state index in [1.54, 1.807) is 24.3 Å². The Kier molecular flexibility index (Phi) is 3.24. The molecule has 0 saturated heterocycles. The van der Waals surface area contributed by atoms with E-state index in [0.29, 0.717) is 11.5 Å². The lowest BCUT2D eigenvalue weighted by Crippen LogP contribution is -2.23. The fourth-order valence-electron chi connectivity index (χ4n) is 1.37. The molecular weight excluding hydrogens is 256 g/mol. The average molecular weight is 268 g/mol. The Bertz CT molecular complexity index is 620. The monoisotopic (exact) mass is 268 g/mol. The molecule has 18 heavy (non-hydrogen) atoms. The molecule has 0 aliphatic carbocycles. The Morgan fingerprint density at radius 1 is 1.33 bits per heavy atom. The van der Waals surface area contributed by atoms with Crippen molar-refractivity contribution in [2.45, 2.75) is 0 Å². The third-order valence-electron chi connectivity index (χ3n) is 2.38. The lowest BCUT2D eigenvalue weighted by atomic mass is 10.3. The summed E-state index contributed by atoms with van der Waals surface area (Å²) in [5, 5.41) is -0.397. The summed E-state index contributed by atoms with van der Waals surface area (Å²) in [7, 11) is -2.08. The number of sulfone groups is 1. The fraction of sp³-hybridized carbons (Fsp3) is 0.182. The molecule has 7 heteroatoms. The number of amidine groups is 1. The van der Waals surface area contributed by atoms with Crippen LogP contribution in [0.15, 0.2) is 40.4 Å². The highest BCUT2D eigenvalue weighted by molar-refractivity contribution is 8.09. The third-order valence-corrected chi connectivity index (χ3v) is 3.95. The fourth-order valence-corrected chi connectivity index (χ4v) is 2.23. The van der Waals surface area contributed by atoms with Gasteiger partial charge in [0.2, 0.25) is 15.0 Å². The zero-order valence-electron chi connectivity index (χ0n) is 9.66. The van der Waals surface area contributed by atoms with Gasteiger partial charge in [0.15, 0.2) is 0 Å². The first-order valence-electron chi connectivity index (χ1n) is 5.08. The Morgan fingerprint density at radius 2 is 2.06 bits per heavy atom. The van der Waals surface area contributed by atoms with Gasteiger partial charge in [-0.3, -0.25) is 0 Å². The molecule has 2 rings (SSSR count). The summed E-state index contributed by atoms with van der Waals surface area (Å²) in [6.07, 6.45) is 1.20. The van der Waals surface area contributed by atoms with Crippen LogP contribution in [0.5, 0.6) is 11.5 Å². The highest BCUT2D eigenvalue weighted by atomic mass is 32.2. The summed E-state index contributed by atoms with van der Waals surface area (Å²) < 4.78 is 33.6. The molecule has 6 nitrogen and oxygen atoms in total. The predicted octanol–water partition coefficient (Wildman–Crippen LogP) is 0.659. The van der Waals surface area contributed by atoms with E-state index < -0.39 is 15.0 Å². The number of nitrogens with zero attached hydrogens (tertiary/aromatic N) is 1. The van der Waals surface area contributed by atoms with E-state index in [4.69, 9.17) is 15.2 Å². The molecule has 1 aromatic rings. The van der Waals surface area contributed by atoms with Crippen LogP contribution in [0.1, 0.15) is 0 Å². The molecule has 0 amide bonds. The molecule has 96 valence electrons. The molecule has 1 heterocycles. The molecule has 1 aliphatic rings. The van der Waals surface area contributed by atoms with Crippen molar-refractivity contribution in [3.05, 3.63) is 35.4 Å². The Balaban J connectivity index is 2.06. The molecule has 2 N–H and O–H groups in total. The van der Waals surface area contributed by atoms with Crippen molar-refractivity contribution >= 4 is 15.0 Å². The van der Waals surface area contributed by atoms with Crippen LogP contribution in [0.25, 0.3) is 0 Å². The summed E-state index contributed by atoms with van der Waals surface area (Å²) in [5.74, 6) is 1.14. The van der Waals surface area contributed by atoms with Crippen molar-refractivity contribution in [1.29, 1.82) is 0 Å². The average Bonchev–Trinajstić information content (AvgIpc) is 2.62. The Labute approximate surface area is 105 Å². The molecular formula is C11H12N2O4S. The number of nitrogens with two attached hydrogens (primary N) is 1. The van der Waals surface area contributed by atoms with E-state index in [2.05, 4.69) is 4.99 Å². The maximum Gasteiger partial charge on any atom is 0.240 e. The topological polar surface area (TPSA) is 91.0 Å². The maximum absolute atomic E-state index is 11.6. The second kappa shape index (κ2) is 4.69. The van der Waals surface area contributed by atoms with Gasteiger partial charge >= 0.3 is 0 Å². The van der Waals surface area contributed by atoms with Gasteiger partial charge < -0.3 is 15.2 Å². The smallest absolute Gasteiger partial charge is 0.240 e. The molecule has 0 bridgehead atoms. The summed E-state index contributed by atoms with van der Waals surface area (Å²) in [6, 6.07) is 6.87. The van der Waals surface area contributed by atoms with Crippen LogP contribution in [0, 0.1) is 0 Å². The molecule has 0 fully saturated rings. The number of benzene rings is 1. The van der Waals surface area contributed by atoms with Crippen LogP contribution in [0.4, 0.5) is 0 Å². The molecule has 0 unspecified atom stereocenters. The molecule has 1 aliphatic heterocycles. The van der Waals surface area contributed by atoms with Crippen molar-refractivity contribution in [3.63, 3.8) is 0 Å². The standard InChI is InChI=1S/C11H12N2O4S/c1-16-8-3-2-4-9(5-8)17-7-10-6-13-11(12)18(10,14)15/h2-6H,7H2,1H3,(H2,12,13). The van der Waals surface area contributed by atoms with E-state index in [1.165, 1.54) is 13.3 Å². The van der Waals surface area contributed by atoms with Crippen molar-refractivity contribution in [1.82, 2.24) is 0 Å². The van der Waals surface area contributed by atoms with E-state index in [9.17, 15) is 8.42 Å². The molecule has 0 saturated carbocycles. The van der Waals surface area contributed by atoms with Crippen LogP contribution < -0.4 is 15.2 Å². The SMILES string of the molecule is COc1cccc(OCC2=CN=C(N)S2(=O)=O)c1. The van der Waals surface area contributed by atoms with Gasteiger partial charge in [0, 0.05) is 12.3 Å². The maximum atomic E-state index is 11.6. The quantitative estimate of drug-likeness (QED) is 0.866. The van der Waals surface area contributed by atoms with E-state index in [-0.39, 0.29) is 11.5 Å². The van der Waals surface area contributed by atoms with E-state index in [1.807, 2.05) is 0 Å². The number of aliphatic imine (C=N–C) groups is 1. The highest BCUT2D eigenvalue weighted by Gasteiger charge is 2.27. The number of hydrogen-bond acceptors (Lipinski definition) is 6. The first-order chi connectivity index (χ1) is 8.54. The van der Waals surface area contributed by atoms with Gasteiger partial charge in [0.25, 0.3) is 0 Å². The van der Waals surface area contributed by atoms with Crippen molar-refractivity contribution in [2.75, 3.05) is 13.7 Å². The number of methoxy groups -OCH3 is 1. The van der Waals surface area contributed by atoms with Gasteiger partial charge in [-0.05, 0) is 12.1 Å². The lowest BCUT2D eigenvalue weighted by molar-refractivity contribution is 0.352. The third kappa shape index (κ3) is 2.30. The van der Waals surface area contributed by atoms with Gasteiger partial charge in [-0.25, -0.2) is 13.4 Å². The van der Waals surface area contributed by atoms with Gasteiger partial charge in [0.1, 0.15) is 23.0 Å². The van der Waals surface area contributed by atoms with Crippen LogP contribution in [-0.4, -0.2) is 27.3 Å². The molecule has 0 atom stereocenters. The summed E-state index contributed by atoms with van der Waals surface area (Å²) >= 11 is 0. The summed E-state index contributed by atoms with van der Waals surface area (Å²) in [5.41, 5.74) is 5.25. The lowest BCUT2D eigenvalue weighted by Gasteiger charge is -2.08. The summed E-state index contributed by atoms with van der Waals surface area (Å²) in [6.45, 7) is -0.111. The molecule has 0 radical (unpaired) electrons. The van der Waals surface area contributed by atoms with Crippen LogP contribution in [-0.2, 0) is 9.84 Å². The Morgan fingerprint density at radius 3 is 2.67 bits per heavy atom. The minimum Gasteiger partial charge on any atom is -0.497 e. The van der Waals surface area contributed by atoms with Gasteiger partial charge in [-0.1, -0.05) is 6.07 Å². The molecule has 0 aromatic heterocycles. The highest BCUT2D eigenvalue weighted by Crippen LogP contribution is 2.21. The zero-order chi connectivity index (χ0) is 13.2. The minimum absolute atomic E-state index is 0.0443. The second-order valence-corrected chi connectivity index (χ2v) is 5.48. The minimum atomic E-state index is -3.62. The van der Waals surface area contributed by atoms with Crippen molar-refractivity contribution in [3.8, 4) is 11.5 Å². The van der Waals surface area contributed by atoms with Crippen LogP contribution in [0.3, 0.4) is 0 Å². The second-order valence-electron chi connectivity index (χ2n) is 3.53. The number of hydrogen-bond donors (Lipinski definition) is 1. The molecule has 1 aromatic carbocycles.